The van der Waals surface area contributed by atoms with Gasteiger partial charge in [-0.2, -0.15) is 0 Å². The summed E-state index contributed by atoms with van der Waals surface area (Å²) < 4.78 is 0. The Morgan fingerprint density at radius 2 is 1.76 bits per heavy atom. The Morgan fingerprint density at radius 1 is 1.14 bits per heavy atom. The van der Waals surface area contributed by atoms with Crippen LogP contribution in [0.1, 0.15) is 48.2 Å². The molecule has 0 radical (unpaired) electrons. The van der Waals surface area contributed by atoms with Gasteiger partial charge in [0.1, 0.15) is 0 Å². The Kier molecular flexibility index (Phi) is 6.66. The fraction of sp³-hybridized carbons (Fsp3) is 0.412. The van der Waals surface area contributed by atoms with E-state index in [1.807, 2.05) is 37.8 Å². The number of hydrogen-bond acceptors (Lipinski definition) is 2. The fourth-order valence-electron chi connectivity index (χ4n) is 2.24. The van der Waals surface area contributed by atoms with Crippen LogP contribution in [0.2, 0.25) is 0 Å². The number of nitrogens with zero attached hydrogens (tertiary/aromatic N) is 1. The largest absolute Gasteiger partial charge is 0.478 e. The molecule has 0 fully saturated rings. The molecule has 1 amide bonds. The van der Waals surface area contributed by atoms with E-state index in [0.29, 0.717) is 5.56 Å². The van der Waals surface area contributed by atoms with Gasteiger partial charge in [-0.3, -0.25) is 4.79 Å². The van der Waals surface area contributed by atoms with Crippen molar-refractivity contribution >= 4 is 18.0 Å². The number of aryl methyl sites for hydroxylation is 1. The lowest BCUT2D eigenvalue weighted by Crippen LogP contribution is -2.32. The second-order valence-electron chi connectivity index (χ2n) is 5.10. The first-order valence-corrected chi connectivity index (χ1v) is 7.29. The molecule has 1 N–H and O–H groups in total. The van der Waals surface area contributed by atoms with Gasteiger partial charge in [0.2, 0.25) is 0 Å². The minimum Gasteiger partial charge on any atom is -0.478 e. The number of rotatable bonds is 7. The van der Waals surface area contributed by atoms with Gasteiger partial charge in [-0.1, -0.05) is 19.9 Å². The van der Waals surface area contributed by atoms with Crippen LogP contribution in [-0.2, 0) is 4.79 Å². The number of hydrogen-bond donors (Lipinski definition) is 1. The number of carboxylic acids is 1. The van der Waals surface area contributed by atoms with Crippen molar-refractivity contribution in [2.45, 2.75) is 33.6 Å². The molecule has 0 atom stereocenters. The maximum atomic E-state index is 12.6. The van der Waals surface area contributed by atoms with Crippen LogP contribution in [0.3, 0.4) is 0 Å². The van der Waals surface area contributed by atoms with Crippen LogP contribution in [0, 0.1) is 6.92 Å². The molecule has 0 aromatic heterocycles. The molecule has 4 nitrogen and oxygen atoms in total. The predicted octanol–water partition coefficient (Wildman–Crippen LogP) is 3.36. The monoisotopic (exact) mass is 289 g/mol. The van der Waals surface area contributed by atoms with Gasteiger partial charge in [-0.15, -0.1) is 0 Å². The van der Waals surface area contributed by atoms with Crippen LogP contribution >= 0.6 is 0 Å². The van der Waals surface area contributed by atoms with Crippen molar-refractivity contribution < 1.29 is 14.7 Å². The minimum absolute atomic E-state index is 0.00683. The smallest absolute Gasteiger partial charge is 0.328 e. The molecule has 0 spiro atoms. The maximum absolute atomic E-state index is 12.6. The minimum atomic E-state index is -0.997. The van der Waals surface area contributed by atoms with Crippen molar-refractivity contribution in [3.63, 3.8) is 0 Å². The van der Waals surface area contributed by atoms with E-state index in [4.69, 9.17) is 5.11 Å². The van der Waals surface area contributed by atoms with Crippen LogP contribution < -0.4 is 0 Å². The van der Waals surface area contributed by atoms with Crippen LogP contribution in [0.25, 0.3) is 6.08 Å². The van der Waals surface area contributed by atoms with Crippen molar-refractivity contribution in [2.75, 3.05) is 13.1 Å². The van der Waals surface area contributed by atoms with Gasteiger partial charge in [0, 0.05) is 24.7 Å². The molecule has 0 saturated heterocycles. The first-order chi connectivity index (χ1) is 9.97. The third-order valence-corrected chi connectivity index (χ3v) is 3.04. The summed E-state index contributed by atoms with van der Waals surface area (Å²) in [5, 5.41) is 8.69. The second-order valence-corrected chi connectivity index (χ2v) is 5.10. The molecule has 0 unspecified atom stereocenters. The van der Waals surface area contributed by atoms with E-state index >= 15 is 0 Å². The van der Waals surface area contributed by atoms with Gasteiger partial charge in [0.25, 0.3) is 5.91 Å². The Labute approximate surface area is 126 Å². The summed E-state index contributed by atoms with van der Waals surface area (Å²) >= 11 is 0. The SMILES string of the molecule is CCCN(CCC)C(=O)c1cc(C)cc(/C=C/C(=O)O)c1. The lowest BCUT2D eigenvalue weighted by Gasteiger charge is -2.22. The molecule has 0 aliphatic heterocycles. The normalized spacial score (nSPS) is 10.8. The van der Waals surface area contributed by atoms with Crippen molar-refractivity contribution in [3.05, 3.63) is 41.0 Å². The summed E-state index contributed by atoms with van der Waals surface area (Å²) in [6.45, 7) is 7.47. The van der Waals surface area contributed by atoms with Crippen molar-refractivity contribution in [2.24, 2.45) is 0 Å². The Balaban J connectivity index is 3.05. The Morgan fingerprint density at radius 3 is 2.29 bits per heavy atom. The van der Waals surface area contributed by atoms with Gasteiger partial charge in [-0.05, 0) is 49.1 Å². The van der Waals surface area contributed by atoms with Crippen LogP contribution in [0.4, 0.5) is 0 Å². The zero-order valence-electron chi connectivity index (χ0n) is 12.9. The van der Waals surface area contributed by atoms with E-state index in [0.717, 1.165) is 43.1 Å². The van der Waals surface area contributed by atoms with Crippen LogP contribution in [0.5, 0.6) is 0 Å². The van der Waals surface area contributed by atoms with E-state index < -0.39 is 5.97 Å². The summed E-state index contributed by atoms with van der Waals surface area (Å²) in [4.78, 5) is 25.0. The quantitative estimate of drug-likeness (QED) is 0.783. The molecule has 0 bridgehead atoms. The van der Waals surface area contributed by atoms with E-state index in [1.54, 1.807) is 6.07 Å². The molecular weight excluding hydrogens is 266 g/mol. The molecule has 114 valence electrons. The highest BCUT2D eigenvalue weighted by Crippen LogP contribution is 2.14. The van der Waals surface area contributed by atoms with E-state index in [-0.39, 0.29) is 5.91 Å². The zero-order chi connectivity index (χ0) is 15.8. The van der Waals surface area contributed by atoms with Gasteiger partial charge >= 0.3 is 5.97 Å². The fourth-order valence-corrected chi connectivity index (χ4v) is 2.24. The number of benzene rings is 1. The molecule has 0 heterocycles. The summed E-state index contributed by atoms with van der Waals surface area (Å²) in [5.74, 6) is -0.990. The standard InChI is InChI=1S/C17H23NO3/c1-4-8-18(9-5-2)17(21)15-11-13(3)10-14(12-15)6-7-16(19)20/h6-7,10-12H,4-5,8-9H2,1-3H3,(H,19,20)/b7-6+. The molecule has 21 heavy (non-hydrogen) atoms. The first kappa shape index (κ1) is 17.0. The number of carbonyl (C=O) groups excluding carboxylic acids is 1. The average Bonchev–Trinajstić information content (AvgIpc) is 2.43. The third kappa shape index (κ3) is 5.42. The van der Waals surface area contributed by atoms with Gasteiger partial charge in [0.15, 0.2) is 0 Å². The number of amides is 1. The van der Waals surface area contributed by atoms with E-state index in [2.05, 4.69) is 0 Å². The third-order valence-electron chi connectivity index (χ3n) is 3.04. The lowest BCUT2D eigenvalue weighted by molar-refractivity contribution is -0.131. The summed E-state index contributed by atoms with van der Waals surface area (Å²) in [7, 11) is 0. The Bertz CT molecular complexity index is 529. The van der Waals surface area contributed by atoms with Crippen molar-refractivity contribution in [1.82, 2.24) is 4.90 Å². The molecule has 0 aliphatic rings. The summed E-state index contributed by atoms with van der Waals surface area (Å²) in [6, 6.07) is 5.45. The number of carbonyl (C=O) groups is 2. The highest BCUT2D eigenvalue weighted by atomic mass is 16.4. The molecule has 0 saturated carbocycles. The van der Waals surface area contributed by atoms with Crippen molar-refractivity contribution in [1.29, 1.82) is 0 Å². The second kappa shape index (κ2) is 8.25. The highest BCUT2D eigenvalue weighted by molar-refractivity contribution is 5.95. The average molecular weight is 289 g/mol. The molecule has 4 heteroatoms. The zero-order valence-corrected chi connectivity index (χ0v) is 12.9. The van der Waals surface area contributed by atoms with Gasteiger partial charge in [0.05, 0.1) is 0 Å². The lowest BCUT2D eigenvalue weighted by atomic mass is 10.0. The highest BCUT2D eigenvalue weighted by Gasteiger charge is 2.14. The Hall–Kier alpha value is -2.10. The molecule has 0 aliphatic carbocycles. The number of carboxylic acid groups (broad SMARTS) is 1. The van der Waals surface area contributed by atoms with Crippen LogP contribution in [-0.4, -0.2) is 35.0 Å². The molecular formula is C17H23NO3. The van der Waals surface area contributed by atoms with Gasteiger partial charge < -0.3 is 10.0 Å². The molecule has 1 aromatic carbocycles. The summed E-state index contributed by atoms with van der Waals surface area (Å²) in [6.07, 6.45) is 4.43. The first-order valence-electron chi connectivity index (χ1n) is 7.29. The molecule has 1 rings (SSSR count). The summed E-state index contributed by atoms with van der Waals surface area (Å²) in [5.41, 5.74) is 2.29. The van der Waals surface area contributed by atoms with Crippen LogP contribution in [0.15, 0.2) is 24.3 Å². The van der Waals surface area contributed by atoms with Gasteiger partial charge in [-0.25, -0.2) is 4.79 Å². The van der Waals surface area contributed by atoms with E-state index in [1.165, 1.54) is 6.08 Å². The predicted molar refractivity (Wildman–Crippen MR) is 84.3 cm³/mol. The van der Waals surface area contributed by atoms with E-state index in [9.17, 15) is 9.59 Å². The maximum Gasteiger partial charge on any atom is 0.328 e. The molecule has 1 aromatic rings. The number of aliphatic carboxylic acids is 1. The topological polar surface area (TPSA) is 57.6 Å². The van der Waals surface area contributed by atoms with Crippen molar-refractivity contribution in [3.8, 4) is 0 Å².